The quantitative estimate of drug-likeness (QED) is 0.651. The lowest BCUT2D eigenvalue weighted by molar-refractivity contribution is -0.107. The molecular weight excluding hydrogens is 280 g/mol. The van der Waals surface area contributed by atoms with Gasteiger partial charge in [0.05, 0.1) is 6.10 Å². The lowest BCUT2D eigenvalue weighted by Gasteiger charge is -2.17. The van der Waals surface area contributed by atoms with Crippen LogP contribution < -0.4 is 10.6 Å². The molecule has 0 bridgehead atoms. The Labute approximate surface area is 132 Å². The number of carbonyl (C=O) groups is 2. The van der Waals surface area contributed by atoms with Gasteiger partial charge in [0.1, 0.15) is 6.29 Å². The summed E-state index contributed by atoms with van der Waals surface area (Å²) in [6.07, 6.45) is 2.98. The Morgan fingerprint density at radius 2 is 2.14 bits per heavy atom. The number of hydrogen-bond acceptors (Lipinski definition) is 4. The van der Waals surface area contributed by atoms with Crippen LogP contribution in [-0.4, -0.2) is 38.5 Å². The number of benzene rings is 1. The Bertz CT molecular complexity index is 489. The van der Waals surface area contributed by atoms with Gasteiger partial charge >= 0.3 is 0 Å². The molecule has 1 aromatic carbocycles. The molecule has 5 heteroatoms. The number of nitrogens with one attached hydrogen (secondary N) is 2. The van der Waals surface area contributed by atoms with Gasteiger partial charge in [0, 0.05) is 37.9 Å². The molecule has 22 heavy (non-hydrogen) atoms. The first-order valence-corrected chi connectivity index (χ1v) is 7.80. The second-order valence-corrected chi connectivity index (χ2v) is 5.10. The van der Waals surface area contributed by atoms with Crippen molar-refractivity contribution in [2.24, 2.45) is 0 Å². The average Bonchev–Trinajstić information content (AvgIpc) is 2.55. The first-order valence-electron chi connectivity index (χ1n) is 7.80. The average molecular weight is 306 g/mol. The zero-order valence-electron chi connectivity index (χ0n) is 13.6. The van der Waals surface area contributed by atoms with Crippen molar-refractivity contribution in [3.8, 4) is 0 Å². The summed E-state index contributed by atoms with van der Waals surface area (Å²) < 4.78 is 5.65. The molecule has 0 spiro atoms. The Hall–Kier alpha value is -1.88. The zero-order valence-corrected chi connectivity index (χ0v) is 13.6. The fourth-order valence-corrected chi connectivity index (χ4v) is 2.15. The van der Waals surface area contributed by atoms with Gasteiger partial charge in [0.2, 0.25) is 0 Å². The minimum Gasteiger partial charge on any atom is -0.388 e. The van der Waals surface area contributed by atoms with Crippen LogP contribution in [-0.2, 0) is 16.0 Å². The van der Waals surface area contributed by atoms with E-state index in [1.807, 2.05) is 13.0 Å². The maximum atomic E-state index is 12.2. The first-order chi connectivity index (χ1) is 10.7. The second kappa shape index (κ2) is 9.95. The van der Waals surface area contributed by atoms with E-state index in [1.165, 1.54) is 0 Å². The summed E-state index contributed by atoms with van der Waals surface area (Å²) in [5.74, 6) is -0.145. The molecule has 1 rings (SSSR count). The molecule has 0 aromatic heterocycles. The molecule has 1 atom stereocenters. The summed E-state index contributed by atoms with van der Waals surface area (Å²) in [5, 5.41) is 5.91. The third-order valence-electron chi connectivity index (χ3n) is 3.44. The van der Waals surface area contributed by atoms with Gasteiger partial charge in [-0.3, -0.25) is 4.79 Å². The van der Waals surface area contributed by atoms with E-state index in [9.17, 15) is 9.59 Å². The molecule has 0 aliphatic carbocycles. The predicted molar refractivity (Wildman–Crippen MR) is 88.4 cm³/mol. The van der Waals surface area contributed by atoms with Crippen LogP contribution in [0.5, 0.6) is 0 Å². The predicted octanol–water partition coefficient (Wildman–Crippen LogP) is 2.40. The Morgan fingerprint density at radius 1 is 1.36 bits per heavy atom. The first kappa shape index (κ1) is 18.2. The van der Waals surface area contributed by atoms with Crippen molar-refractivity contribution in [3.63, 3.8) is 0 Å². The molecule has 0 saturated carbocycles. The normalized spacial score (nSPS) is 11.8. The van der Waals surface area contributed by atoms with Crippen LogP contribution in [0.2, 0.25) is 0 Å². The van der Waals surface area contributed by atoms with Gasteiger partial charge in [-0.25, -0.2) is 0 Å². The van der Waals surface area contributed by atoms with E-state index < -0.39 is 0 Å². The Balaban J connectivity index is 2.68. The molecule has 1 amide bonds. The molecule has 0 saturated heterocycles. The molecule has 0 fully saturated rings. The molecule has 2 N–H and O–H groups in total. The fourth-order valence-electron chi connectivity index (χ4n) is 2.15. The highest BCUT2D eigenvalue weighted by molar-refractivity contribution is 5.95. The smallest absolute Gasteiger partial charge is 0.251 e. The van der Waals surface area contributed by atoms with Crippen LogP contribution in [0.15, 0.2) is 18.2 Å². The van der Waals surface area contributed by atoms with Crippen molar-refractivity contribution in [2.75, 3.05) is 25.5 Å². The lowest BCUT2D eigenvalue weighted by atomic mass is 10.1. The van der Waals surface area contributed by atoms with Gasteiger partial charge in [-0.15, -0.1) is 0 Å². The molecule has 0 aliphatic rings. The zero-order chi connectivity index (χ0) is 16.4. The third kappa shape index (κ3) is 5.48. The Kier molecular flexibility index (Phi) is 8.22. The molecule has 0 aliphatic heterocycles. The van der Waals surface area contributed by atoms with Gasteiger partial charge in [-0.1, -0.05) is 13.8 Å². The van der Waals surface area contributed by atoms with E-state index >= 15 is 0 Å². The summed E-state index contributed by atoms with van der Waals surface area (Å²) >= 11 is 0. The summed E-state index contributed by atoms with van der Waals surface area (Å²) in [4.78, 5) is 23.0. The maximum Gasteiger partial charge on any atom is 0.251 e. The minimum atomic E-state index is -0.145. The van der Waals surface area contributed by atoms with E-state index in [0.29, 0.717) is 18.7 Å². The SMILES string of the molecule is CCCOC(CC)CNC(=O)c1ccc(NC)c(CC=O)c1. The van der Waals surface area contributed by atoms with Crippen LogP contribution in [0, 0.1) is 0 Å². The minimum absolute atomic E-state index is 0.0370. The number of carbonyl (C=O) groups excluding carboxylic acids is 2. The van der Waals surface area contributed by atoms with Crippen molar-refractivity contribution in [1.29, 1.82) is 0 Å². The number of aldehydes is 1. The van der Waals surface area contributed by atoms with E-state index in [0.717, 1.165) is 30.4 Å². The van der Waals surface area contributed by atoms with Crippen molar-refractivity contribution < 1.29 is 14.3 Å². The van der Waals surface area contributed by atoms with Crippen LogP contribution in [0.1, 0.15) is 42.6 Å². The van der Waals surface area contributed by atoms with Crippen LogP contribution in [0.25, 0.3) is 0 Å². The standard InChI is InChI=1S/C17H26N2O3/c1-4-10-22-15(5-2)12-19-17(21)14-6-7-16(18-3)13(11-14)8-9-20/h6-7,9,11,15,18H,4-5,8,10,12H2,1-3H3,(H,19,21). The second-order valence-electron chi connectivity index (χ2n) is 5.10. The summed E-state index contributed by atoms with van der Waals surface area (Å²) in [7, 11) is 1.79. The number of rotatable bonds is 10. The summed E-state index contributed by atoms with van der Waals surface area (Å²) in [6, 6.07) is 5.32. The molecular formula is C17H26N2O3. The third-order valence-corrected chi connectivity index (χ3v) is 3.44. The molecule has 0 radical (unpaired) electrons. The topological polar surface area (TPSA) is 67.4 Å². The fraction of sp³-hybridized carbons (Fsp3) is 0.529. The highest BCUT2D eigenvalue weighted by Crippen LogP contribution is 2.17. The van der Waals surface area contributed by atoms with Gasteiger partial charge in [0.25, 0.3) is 5.91 Å². The monoisotopic (exact) mass is 306 g/mol. The number of hydrogen-bond donors (Lipinski definition) is 2. The molecule has 122 valence electrons. The Morgan fingerprint density at radius 3 is 2.73 bits per heavy atom. The highest BCUT2D eigenvalue weighted by atomic mass is 16.5. The van der Waals surface area contributed by atoms with Crippen LogP contribution in [0.3, 0.4) is 0 Å². The van der Waals surface area contributed by atoms with Gasteiger partial charge in [-0.2, -0.15) is 0 Å². The van der Waals surface area contributed by atoms with E-state index in [2.05, 4.69) is 17.6 Å². The number of amides is 1. The number of anilines is 1. The van der Waals surface area contributed by atoms with Crippen molar-refractivity contribution >= 4 is 17.9 Å². The van der Waals surface area contributed by atoms with Gasteiger partial charge in [0.15, 0.2) is 0 Å². The molecule has 0 heterocycles. The van der Waals surface area contributed by atoms with Crippen molar-refractivity contribution in [3.05, 3.63) is 29.3 Å². The lowest BCUT2D eigenvalue weighted by Crippen LogP contribution is -2.33. The highest BCUT2D eigenvalue weighted by Gasteiger charge is 2.12. The largest absolute Gasteiger partial charge is 0.388 e. The van der Waals surface area contributed by atoms with Crippen molar-refractivity contribution in [2.45, 2.75) is 39.2 Å². The molecule has 1 unspecified atom stereocenters. The van der Waals surface area contributed by atoms with Crippen LogP contribution in [0.4, 0.5) is 5.69 Å². The van der Waals surface area contributed by atoms with Gasteiger partial charge in [-0.05, 0) is 36.6 Å². The van der Waals surface area contributed by atoms with E-state index in [-0.39, 0.29) is 18.4 Å². The molecule has 5 nitrogen and oxygen atoms in total. The number of ether oxygens (including phenoxy) is 1. The molecule has 1 aromatic rings. The maximum absolute atomic E-state index is 12.2. The van der Waals surface area contributed by atoms with Crippen LogP contribution >= 0.6 is 0 Å². The summed E-state index contributed by atoms with van der Waals surface area (Å²) in [5.41, 5.74) is 2.24. The van der Waals surface area contributed by atoms with E-state index in [1.54, 1.807) is 19.2 Å². The van der Waals surface area contributed by atoms with E-state index in [4.69, 9.17) is 4.74 Å². The van der Waals surface area contributed by atoms with Gasteiger partial charge < -0.3 is 20.2 Å². The summed E-state index contributed by atoms with van der Waals surface area (Å²) in [6.45, 7) is 5.29. The van der Waals surface area contributed by atoms with Crippen molar-refractivity contribution in [1.82, 2.24) is 5.32 Å².